The van der Waals surface area contributed by atoms with E-state index >= 15 is 0 Å². The highest BCUT2D eigenvalue weighted by molar-refractivity contribution is 7.07. The maximum Gasteiger partial charge on any atom is 0.338 e. The van der Waals surface area contributed by atoms with E-state index < -0.39 is 18.0 Å². The van der Waals surface area contributed by atoms with E-state index in [4.69, 9.17) is 28.4 Å². The van der Waals surface area contributed by atoms with Gasteiger partial charge in [0.2, 0.25) is 0 Å². The number of carbonyl (C=O) groups is 2. The number of nitrogens with zero attached hydrogens (tertiary/aromatic N) is 2. The first-order chi connectivity index (χ1) is 22.9. The number of ether oxygens (including phenoxy) is 4. The molecule has 0 N–H and O–H groups in total. The largest absolute Gasteiger partial charge is 0.493 e. The number of carbonyl (C=O) groups excluding carboxylic acids is 2. The maximum absolute atomic E-state index is 14.2. The molecule has 2 aromatic heterocycles. The van der Waals surface area contributed by atoms with Crippen LogP contribution in [0.5, 0.6) is 11.5 Å². The van der Waals surface area contributed by atoms with Crippen molar-refractivity contribution in [1.82, 2.24) is 4.57 Å². The van der Waals surface area contributed by atoms with Crippen LogP contribution in [0.1, 0.15) is 40.2 Å². The van der Waals surface area contributed by atoms with E-state index in [2.05, 4.69) is 0 Å². The lowest BCUT2D eigenvalue weighted by Gasteiger charge is -2.26. The van der Waals surface area contributed by atoms with Gasteiger partial charge in [0.05, 0.1) is 55.3 Å². The molecule has 3 heterocycles. The Labute approximate surface area is 273 Å². The van der Waals surface area contributed by atoms with Gasteiger partial charge in [-0.2, -0.15) is 0 Å². The van der Waals surface area contributed by atoms with Gasteiger partial charge in [-0.05, 0) is 48.9 Å². The third-order valence-electron chi connectivity index (χ3n) is 7.59. The van der Waals surface area contributed by atoms with Gasteiger partial charge in [-0.3, -0.25) is 9.36 Å². The molecule has 1 aliphatic rings. The lowest BCUT2D eigenvalue weighted by molar-refractivity contribution is -0.138. The summed E-state index contributed by atoms with van der Waals surface area (Å²) in [5, 5.41) is 0. The predicted molar refractivity (Wildman–Crippen MR) is 176 cm³/mol. The van der Waals surface area contributed by atoms with Crippen molar-refractivity contribution in [3.63, 3.8) is 0 Å². The number of hydrogen-bond acceptors (Lipinski definition) is 10. The molecular formula is C36H30N2O8S. The Hall–Kier alpha value is -5.68. The Bertz CT molecular complexity index is 2180. The van der Waals surface area contributed by atoms with Gasteiger partial charge in [0, 0.05) is 17.2 Å². The van der Waals surface area contributed by atoms with Gasteiger partial charge < -0.3 is 23.4 Å². The molecule has 5 aromatic rings. The summed E-state index contributed by atoms with van der Waals surface area (Å²) in [6.45, 7) is 1.87. The maximum atomic E-state index is 14.2. The monoisotopic (exact) mass is 650 g/mol. The molecule has 0 unspecified atom stereocenters. The molecule has 10 nitrogen and oxygen atoms in total. The van der Waals surface area contributed by atoms with Gasteiger partial charge >= 0.3 is 11.9 Å². The number of fused-ring (bicyclic) bond motifs is 1. The average molecular weight is 651 g/mol. The SMILES string of the molecule is CCOC(=O)C1=C(c2ccccc2)N=c2s/c(=C\c3ccc(-c4ccc(C(=O)OC)cc4)o3)c(=O)n2[C@H]1c1ccc(OC)c(OC)c1. The Morgan fingerprint density at radius 3 is 2.32 bits per heavy atom. The fourth-order valence-electron chi connectivity index (χ4n) is 5.38. The Kier molecular flexibility index (Phi) is 8.90. The van der Waals surface area contributed by atoms with Crippen molar-refractivity contribution in [3.05, 3.63) is 133 Å². The first-order valence-electron chi connectivity index (χ1n) is 14.7. The molecule has 0 amide bonds. The van der Waals surface area contributed by atoms with Crippen LogP contribution in [0.4, 0.5) is 0 Å². The minimum atomic E-state index is -0.886. The number of furan rings is 1. The molecule has 0 spiro atoms. The quantitative estimate of drug-likeness (QED) is 0.205. The predicted octanol–water partition coefficient (Wildman–Crippen LogP) is 5.00. The van der Waals surface area contributed by atoms with Crippen LogP contribution >= 0.6 is 11.3 Å². The summed E-state index contributed by atoms with van der Waals surface area (Å²) in [5.74, 6) is 0.925. The van der Waals surface area contributed by atoms with Crippen LogP contribution in [0.15, 0.2) is 105 Å². The fraction of sp³-hybridized carbons (Fsp3) is 0.167. The highest BCUT2D eigenvalue weighted by atomic mass is 32.1. The van der Waals surface area contributed by atoms with E-state index in [0.717, 1.165) is 5.56 Å². The smallest absolute Gasteiger partial charge is 0.338 e. The standard InChI is InChI=1S/C36H30N2O8S/c1-5-45-35(41)30-31(22-9-7-6-8-10-22)37-36-38(32(30)24-15-17-27(42-2)28(19-24)43-3)33(39)29(47-36)20-25-16-18-26(46-25)21-11-13-23(14-12-21)34(40)44-4/h6-20,32H,5H2,1-4H3/b29-20-/t32-/m0/s1. The lowest BCUT2D eigenvalue weighted by Crippen LogP contribution is -2.40. The van der Waals surface area contributed by atoms with Crippen LogP contribution in [0.25, 0.3) is 23.1 Å². The molecule has 238 valence electrons. The van der Waals surface area contributed by atoms with Crippen LogP contribution < -0.4 is 24.4 Å². The van der Waals surface area contributed by atoms with Crippen molar-refractivity contribution in [2.75, 3.05) is 27.9 Å². The van der Waals surface area contributed by atoms with Gasteiger partial charge in [0.1, 0.15) is 11.5 Å². The highest BCUT2D eigenvalue weighted by Gasteiger charge is 2.35. The van der Waals surface area contributed by atoms with Crippen molar-refractivity contribution in [2.45, 2.75) is 13.0 Å². The normalized spacial score (nSPS) is 14.3. The molecule has 47 heavy (non-hydrogen) atoms. The van der Waals surface area contributed by atoms with Crippen LogP contribution in [-0.4, -0.2) is 44.4 Å². The molecule has 11 heteroatoms. The Morgan fingerprint density at radius 1 is 0.894 bits per heavy atom. The van der Waals surface area contributed by atoms with Crippen molar-refractivity contribution in [3.8, 4) is 22.8 Å². The molecule has 3 aromatic carbocycles. The van der Waals surface area contributed by atoms with Gasteiger partial charge in [0.15, 0.2) is 16.3 Å². The third-order valence-corrected chi connectivity index (χ3v) is 8.57. The molecule has 0 bridgehead atoms. The van der Waals surface area contributed by atoms with E-state index in [1.165, 1.54) is 37.2 Å². The zero-order valence-electron chi connectivity index (χ0n) is 26.0. The van der Waals surface area contributed by atoms with E-state index in [1.54, 1.807) is 67.6 Å². The van der Waals surface area contributed by atoms with Crippen molar-refractivity contribution in [1.29, 1.82) is 0 Å². The summed E-state index contributed by atoms with van der Waals surface area (Å²) >= 11 is 1.19. The Balaban J connectivity index is 1.52. The number of rotatable bonds is 9. The molecule has 1 aliphatic heterocycles. The molecular weight excluding hydrogens is 620 g/mol. The van der Waals surface area contributed by atoms with E-state index in [-0.39, 0.29) is 17.7 Å². The van der Waals surface area contributed by atoms with Crippen molar-refractivity contribution in [2.24, 2.45) is 4.99 Å². The molecule has 0 fully saturated rings. The summed E-state index contributed by atoms with van der Waals surface area (Å²) in [7, 11) is 4.39. The van der Waals surface area contributed by atoms with Gasteiger partial charge in [-0.15, -0.1) is 0 Å². The van der Waals surface area contributed by atoms with E-state index in [1.807, 2.05) is 30.3 Å². The van der Waals surface area contributed by atoms with Crippen molar-refractivity contribution < 1.29 is 33.0 Å². The first-order valence-corrected chi connectivity index (χ1v) is 15.5. The summed E-state index contributed by atoms with van der Waals surface area (Å²) in [4.78, 5) is 45.0. The van der Waals surface area contributed by atoms with Gasteiger partial charge in [0.25, 0.3) is 5.56 Å². The van der Waals surface area contributed by atoms with Crippen LogP contribution in [-0.2, 0) is 14.3 Å². The number of benzene rings is 3. The number of hydrogen-bond donors (Lipinski definition) is 0. The summed E-state index contributed by atoms with van der Waals surface area (Å²) in [6, 6.07) is 24.1. The van der Waals surface area contributed by atoms with Crippen LogP contribution in [0.3, 0.4) is 0 Å². The number of thiazole rings is 1. The van der Waals surface area contributed by atoms with Gasteiger partial charge in [-0.1, -0.05) is 59.9 Å². The van der Waals surface area contributed by atoms with E-state index in [9.17, 15) is 14.4 Å². The third kappa shape index (κ3) is 6.00. The van der Waals surface area contributed by atoms with Gasteiger partial charge in [-0.25, -0.2) is 14.6 Å². The lowest BCUT2D eigenvalue weighted by atomic mass is 9.93. The van der Waals surface area contributed by atoms with E-state index in [0.29, 0.717) is 54.7 Å². The molecule has 0 saturated heterocycles. The highest BCUT2D eigenvalue weighted by Crippen LogP contribution is 2.38. The number of esters is 2. The zero-order valence-corrected chi connectivity index (χ0v) is 26.8. The average Bonchev–Trinajstić information content (AvgIpc) is 3.71. The molecule has 0 aliphatic carbocycles. The number of methoxy groups -OCH3 is 3. The molecule has 6 rings (SSSR count). The second-order valence-electron chi connectivity index (χ2n) is 10.3. The molecule has 0 radical (unpaired) electrons. The summed E-state index contributed by atoms with van der Waals surface area (Å²) in [6.07, 6.45) is 1.65. The van der Waals surface area contributed by atoms with Crippen LogP contribution in [0, 0.1) is 0 Å². The fourth-order valence-corrected chi connectivity index (χ4v) is 6.36. The minimum Gasteiger partial charge on any atom is -0.493 e. The summed E-state index contributed by atoms with van der Waals surface area (Å²) in [5.41, 5.74) is 2.75. The topological polar surface area (TPSA) is 119 Å². The number of aromatic nitrogens is 1. The Morgan fingerprint density at radius 2 is 1.64 bits per heavy atom. The zero-order chi connectivity index (χ0) is 33.1. The second-order valence-corrected chi connectivity index (χ2v) is 11.3. The minimum absolute atomic E-state index is 0.139. The molecule has 0 saturated carbocycles. The van der Waals surface area contributed by atoms with Crippen LogP contribution in [0.2, 0.25) is 0 Å². The summed E-state index contributed by atoms with van der Waals surface area (Å²) < 4.78 is 29.3. The second kappa shape index (κ2) is 13.4. The first kappa shape index (κ1) is 31.3. The van der Waals surface area contributed by atoms with Crippen molar-refractivity contribution >= 4 is 35.0 Å². The molecule has 1 atom stereocenters.